The molecule has 0 spiro atoms. The smallest absolute Gasteiger partial charge is 0.409 e. The molecule has 2 amide bonds. The van der Waals surface area contributed by atoms with Gasteiger partial charge in [0.05, 0.1) is 12.6 Å². The second-order valence-electron chi connectivity index (χ2n) is 5.49. The van der Waals surface area contributed by atoms with Crippen LogP contribution in [0.2, 0.25) is 0 Å². The predicted molar refractivity (Wildman–Crippen MR) is 82.1 cm³/mol. The number of carbonyl (C=O) groups excluding carboxylic acids is 2. The normalized spacial score (nSPS) is 17.4. The molecule has 1 aliphatic rings. The second-order valence-corrected chi connectivity index (χ2v) is 5.49. The standard InChI is InChI=1S/C15H29N3O3/c1-4-6-9-16-14(19)12(3)17-13-7-10-18(11-8-13)15(20)21-5-2/h12-13,17H,4-11H2,1-3H3,(H,16,19). The fraction of sp³-hybridized carbons (Fsp3) is 0.867. The van der Waals surface area contributed by atoms with Crippen molar-refractivity contribution in [1.29, 1.82) is 0 Å². The van der Waals surface area contributed by atoms with Crippen LogP contribution in [0.15, 0.2) is 0 Å². The fourth-order valence-electron chi connectivity index (χ4n) is 2.41. The monoisotopic (exact) mass is 299 g/mol. The molecule has 1 aliphatic heterocycles. The topological polar surface area (TPSA) is 70.7 Å². The molecular weight excluding hydrogens is 270 g/mol. The van der Waals surface area contributed by atoms with Gasteiger partial charge in [0.1, 0.15) is 0 Å². The Morgan fingerprint density at radius 1 is 1.29 bits per heavy atom. The third kappa shape index (κ3) is 6.33. The zero-order chi connectivity index (χ0) is 15.7. The maximum Gasteiger partial charge on any atom is 0.409 e. The van der Waals surface area contributed by atoms with E-state index in [-0.39, 0.29) is 24.1 Å². The summed E-state index contributed by atoms with van der Waals surface area (Å²) in [6, 6.07) is 0.0867. The van der Waals surface area contributed by atoms with Crippen LogP contribution < -0.4 is 10.6 Å². The maximum atomic E-state index is 11.9. The largest absolute Gasteiger partial charge is 0.450 e. The van der Waals surface area contributed by atoms with Gasteiger partial charge in [-0.25, -0.2) is 4.79 Å². The molecule has 6 nitrogen and oxygen atoms in total. The number of amides is 2. The Bertz CT molecular complexity index is 328. The Labute approximate surface area is 127 Å². The quantitative estimate of drug-likeness (QED) is 0.699. The Hall–Kier alpha value is -1.30. The van der Waals surface area contributed by atoms with Gasteiger partial charge in [-0.15, -0.1) is 0 Å². The third-order valence-corrected chi connectivity index (χ3v) is 3.73. The number of nitrogens with one attached hydrogen (secondary N) is 2. The van der Waals surface area contributed by atoms with Gasteiger partial charge in [0.15, 0.2) is 0 Å². The van der Waals surface area contributed by atoms with Gasteiger partial charge >= 0.3 is 6.09 Å². The maximum absolute atomic E-state index is 11.9. The molecule has 21 heavy (non-hydrogen) atoms. The molecule has 0 bridgehead atoms. The van der Waals surface area contributed by atoms with Crippen molar-refractivity contribution in [3.63, 3.8) is 0 Å². The molecule has 1 unspecified atom stereocenters. The summed E-state index contributed by atoms with van der Waals surface area (Å²) < 4.78 is 4.99. The minimum Gasteiger partial charge on any atom is -0.450 e. The van der Waals surface area contributed by atoms with E-state index in [4.69, 9.17) is 4.74 Å². The van der Waals surface area contributed by atoms with Crippen LogP contribution in [-0.2, 0) is 9.53 Å². The van der Waals surface area contributed by atoms with Gasteiger partial charge in [0, 0.05) is 25.7 Å². The molecule has 0 aromatic heterocycles. The first-order chi connectivity index (χ1) is 10.1. The summed E-state index contributed by atoms with van der Waals surface area (Å²) in [5, 5.41) is 6.28. The van der Waals surface area contributed by atoms with Crippen LogP contribution in [0.1, 0.15) is 46.5 Å². The third-order valence-electron chi connectivity index (χ3n) is 3.73. The molecule has 2 N–H and O–H groups in total. The van der Waals surface area contributed by atoms with Crippen LogP contribution >= 0.6 is 0 Å². The summed E-state index contributed by atoms with van der Waals surface area (Å²) in [6.45, 7) is 8.31. The van der Waals surface area contributed by atoms with Crippen molar-refractivity contribution in [2.45, 2.75) is 58.5 Å². The number of nitrogens with zero attached hydrogens (tertiary/aromatic N) is 1. The summed E-state index contributed by atoms with van der Waals surface area (Å²) in [4.78, 5) is 25.2. The molecule has 0 aromatic carbocycles. The van der Waals surface area contributed by atoms with Crippen LogP contribution in [0, 0.1) is 0 Å². The molecule has 0 saturated carbocycles. The Morgan fingerprint density at radius 2 is 1.95 bits per heavy atom. The summed E-state index contributed by atoms with van der Waals surface area (Å²) in [5.41, 5.74) is 0. The lowest BCUT2D eigenvalue weighted by atomic mass is 10.0. The number of carbonyl (C=O) groups is 2. The van der Waals surface area contributed by atoms with Crippen molar-refractivity contribution in [2.24, 2.45) is 0 Å². The van der Waals surface area contributed by atoms with E-state index in [1.54, 1.807) is 4.90 Å². The summed E-state index contributed by atoms with van der Waals surface area (Å²) in [7, 11) is 0. The van der Waals surface area contributed by atoms with E-state index in [0.29, 0.717) is 19.7 Å². The van der Waals surface area contributed by atoms with Crippen LogP contribution in [0.3, 0.4) is 0 Å². The number of likely N-dealkylation sites (tertiary alicyclic amines) is 1. The minimum absolute atomic E-state index is 0.0521. The number of hydrogen-bond acceptors (Lipinski definition) is 4. The summed E-state index contributed by atoms with van der Waals surface area (Å²) in [6.07, 6.45) is 3.56. The van der Waals surface area contributed by atoms with Crippen LogP contribution in [0.5, 0.6) is 0 Å². The van der Waals surface area contributed by atoms with Gasteiger partial charge in [-0.05, 0) is 33.1 Å². The Morgan fingerprint density at radius 3 is 2.52 bits per heavy atom. The van der Waals surface area contributed by atoms with Gasteiger partial charge in [-0.2, -0.15) is 0 Å². The van der Waals surface area contributed by atoms with E-state index in [9.17, 15) is 9.59 Å². The van der Waals surface area contributed by atoms with E-state index >= 15 is 0 Å². The van der Waals surface area contributed by atoms with Crippen LogP contribution in [0.4, 0.5) is 4.79 Å². The van der Waals surface area contributed by atoms with E-state index < -0.39 is 0 Å². The van der Waals surface area contributed by atoms with Crippen LogP contribution in [0.25, 0.3) is 0 Å². The van der Waals surface area contributed by atoms with Crippen molar-refractivity contribution in [3.8, 4) is 0 Å². The summed E-state index contributed by atoms with van der Waals surface area (Å²) in [5.74, 6) is 0.0521. The number of ether oxygens (including phenoxy) is 1. The second kappa shape index (κ2) is 9.60. The molecule has 0 aromatic rings. The van der Waals surface area contributed by atoms with Crippen molar-refractivity contribution >= 4 is 12.0 Å². The molecule has 1 fully saturated rings. The van der Waals surface area contributed by atoms with Crippen molar-refractivity contribution in [3.05, 3.63) is 0 Å². The highest BCUT2D eigenvalue weighted by Crippen LogP contribution is 2.12. The Balaban J connectivity index is 2.25. The van der Waals surface area contributed by atoms with Gasteiger partial charge in [-0.1, -0.05) is 13.3 Å². The van der Waals surface area contributed by atoms with Crippen LogP contribution in [-0.4, -0.2) is 55.2 Å². The van der Waals surface area contributed by atoms with Crippen molar-refractivity contribution < 1.29 is 14.3 Å². The first-order valence-electron chi connectivity index (χ1n) is 8.03. The van der Waals surface area contributed by atoms with Gasteiger partial charge in [0.25, 0.3) is 0 Å². The fourth-order valence-corrected chi connectivity index (χ4v) is 2.41. The van der Waals surface area contributed by atoms with E-state index in [1.807, 2.05) is 13.8 Å². The van der Waals surface area contributed by atoms with Gasteiger partial charge < -0.3 is 20.3 Å². The molecule has 0 radical (unpaired) electrons. The zero-order valence-electron chi connectivity index (χ0n) is 13.5. The lowest BCUT2D eigenvalue weighted by Crippen LogP contribution is -2.51. The van der Waals surface area contributed by atoms with Crippen molar-refractivity contribution in [2.75, 3.05) is 26.2 Å². The number of rotatable bonds is 7. The number of unbranched alkanes of at least 4 members (excludes halogenated alkanes) is 1. The highest BCUT2D eigenvalue weighted by Gasteiger charge is 2.25. The summed E-state index contributed by atoms with van der Waals surface area (Å²) >= 11 is 0. The highest BCUT2D eigenvalue weighted by molar-refractivity contribution is 5.81. The minimum atomic E-state index is -0.235. The van der Waals surface area contributed by atoms with Gasteiger partial charge in [-0.3, -0.25) is 4.79 Å². The Kier molecular flexibility index (Phi) is 8.12. The SMILES string of the molecule is CCCCNC(=O)C(C)NC1CCN(C(=O)OCC)CC1. The lowest BCUT2D eigenvalue weighted by molar-refractivity contribution is -0.123. The number of piperidine rings is 1. The first-order valence-corrected chi connectivity index (χ1v) is 8.03. The molecule has 1 rings (SSSR count). The van der Waals surface area contributed by atoms with E-state index in [1.165, 1.54) is 0 Å². The molecule has 6 heteroatoms. The molecular formula is C15H29N3O3. The van der Waals surface area contributed by atoms with Crippen molar-refractivity contribution in [1.82, 2.24) is 15.5 Å². The number of hydrogen-bond donors (Lipinski definition) is 2. The predicted octanol–water partition coefficient (Wildman–Crippen LogP) is 1.50. The average Bonchev–Trinajstić information content (AvgIpc) is 2.48. The first kappa shape index (κ1) is 17.8. The highest BCUT2D eigenvalue weighted by atomic mass is 16.6. The van der Waals surface area contributed by atoms with E-state index in [0.717, 1.165) is 32.2 Å². The lowest BCUT2D eigenvalue weighted by Gasteiger charge is -2.33. The average molecular weight is 299 g/mol. The molecule has 1 atom stereocenters. The molecule has 122 valence electrons. The zero-order valence-corrected chi connectivity index (χ0v) is 13.5. The van der Waals surface area contributed by atoms with Gasteiger partial charge in [0.2, 0.25) is 5.91 Å². The molecule has 1 saturated heterocycles. The molecule has 1 heterocycles. The van der Waals surface area contributed by atoms with E-state index in [2.05, 4.69) is 17.6 Å². The molecule has 0 aliphatic carbocycles.